The first-order valence-electron chi connectivity index (χ1n) is 7.97. The van der Waals surface area contributed by atoms with Gasteiger partial charge in [0.1, 0.15) is 0 Å². The summed E-state index contributed by atoms with van der Waals surface area (Å²) >= 11 is 0. The molecule has 0 heterocycles. The van der Waals surface area contributed by atoms with Crippen molar-refractivity contribution in [2.24, 2.45) is 0 Å². The summed E-state index contributed by atoms with van der Waals surface area (Å²) in [6, 6.07) is 12.9. The Morgan fingerprint density at radius 3 is 2.27 bits per heavy atom. The highest BCUT2D eigenvalue weighted by molar-refractivity contribution is 5.84. The molecule has 2 N–H and O–H groups in total. The Morgan fingerprint density at radius 2 is 1.65 bits per heavy atom. The molecular weight excluding hydrogens is 336 g/mol. The normalized spacial score (nSPS) is 11.2. The van der Waals surface area contributed by atoms with Crippen LogP contribution in [0.25, 0.3) is 0 Å². The van der Waals surface area contributed by atoms with Crippen LogP contribution in [0.1, 0.15) is 17.2 Å². The van der Waals surface area contributed by atoms with Crippen LogP contribution in [0, 0.1) is 0 Å². The van der Waals surface area contributed by atoms with E-state index in [4.69, 9.17) is 14.2 Å². The maximum absolute atomic E-state index is 12.2. The van der Waals surface area contributed by atoms with Gasteiger partial charge in [-0.3, -0.25) is 0 Å². The van der Waals surface area contributed by atoms with E-state index in [1.165, 1.54) is 7.11 Å². The Labute approximate surface area is 152 Å². The molecule has 0 aliphatic rings. The van der Waals surface area contributed by atoms with E-state index in [-0.39, 0.29) is 6.54 Å². The number of benzene rings is 2. The second kappa shape index (κ2) is 9.31. The van der Waals surface area contributed by atoms with Gasteiger partial charge in [0.25, 0.3) is 0 Å². The number of nitrogens with one attached hydrogen (secondary N) is 2. The maximum Gasteiger partial charge on any atom is 0.333 e. The smallest absolute Gasteiger partial charge is 0.333 e. The molecular formula is C19H22N2O5. The Morgan fingerprint density at radius 1 is 0.962 bits per heavy atom. The molecule has 7 heteroatoms. The number of rotatable bonds is 7. The number of esters is 1. The van der Waals surface area contributed by atoms with Gasteiger partial charge < -0.3 is 24.8 Å². The van der Waals surface area contributed by atoms with E-state index in [0.717, 1.165) is 5.56 Å². The molecule has 0 spiro atoms. The van der Waals surface area contributed by atoms with E-state index in [1.54, 1.807) is 50.6 Å². The summed E-state index contributed by atoms with van der Waals surface area (Å²) in [4.78, 5) is 24.2. The molecule has 1 unspecified atom stereocenters. The Bertz CT molecular complexity index is 749. The van der Waals surface area contributed by atoms with Crippen molar-refractivity contribution < 1.29 is 23.8 Å². The molecule has 0 aliphatic carbocycles. The monoisotopic (exact) mass is 358 g/mol. The maximum atomic E-state index is 12.2. The first-order valence-corrected chi connectivity index (χ1v) is 7.97. The van der Waals surface area contributed by atoms with E-state index >= 15 is 0 Å². The zero-order valence-corrected chi connectivity index (χ0v) is 14.9. The van der Waals surface area contributed by atoms with Gasteiger partial charge in [0.05, 0.1) is 21.3 Å². The Kier molecular flexibility index (Phi) is 6.84. The molecule has 26 heavy (non-hydrogen) atoms. The predicted octanol–water partition coefficient (Wildman–Crippen LogP) is 2.42. The van der Waals surface area contributed by atoms with Crippen LogP contribution in [0.15, 0.2) is 48.5 Å². The fourth-order valence-electron chi connectivity index (χ4n) is 2.40. The molecule has 1 atom stereocenters. The van der Waals surface area contributed by atoms with Gasteiger partial charge in [0.2, 0.25) is 0 Å². The number of hydrogen-bond donors (Lipinski definition) is 2. The number of ether oxygens (including phenoxy) is 3. The van der Waals surface area contributed by atoms with E-state index in [1.807, 2.05) is 12.1 Å². The van der Waals surface area contributed by atoms with E-state index in [9.17, 15) is 9.59 Å². The summed E-state index contributed by atoms with van der Waals surface area (Å²) in [6.45, 7) is 0.259. The first-order chi connectivity index (χ1) is 12.6. The highest BCUT2D eigenvalue weighted by atomic mass is 16.5. The number of carbonyl (C=O) groups excluding carboxylic acids is 2. The molecule has 0 bridgehead atoms. The third kappa shape index (κ3) is 4.89. The average Bonchev–Trinajstić information content (AvgIpc) is 2.70. The predicted molar refractivity (Wildman–Crippen MR) is 96.1 cm³/mol. The number of urea groups is 1. The van der Waals surface area contributed by atoms with Crippen molar-refractivity contribution in [2.45, 2.75) is 12.6 Å². The summed E-state index contributed by atoms with van der Waals surface area (Å²) in [5.74, 6) is 0.636. The number of carbonyl (C=O) groups is 2. The standard InChI is InChI=1S/C19H22N2O5/c1-24-15-10-9-13(11-16(15)25-2)12-20-19(23)21-17(18(22)26-3)14-7-5-4-6-8-14/h4-11,17H,12H2,1-3H3,(H2,20,21,23). The number of methoxy groups -OCH3 is 3. The van der Waals surface area contributed by atoms with Crippen molar-refractivity contribution in [1.29, 1.82) is 0 Å². The average molecular weight is 358 g/mol. The van der Waals surface area contributed by atoms with Crippen molar-refractivity contribution in [2.75, 3.05) is 21.3 Å². The van der Waals surface area contributed by atoms with Gasteiger partial charge in [-0.15, -0.1) is 0 Å². The van der Waals surface area contributed by atoms with Crippen molar-refractivity contribution in [3.05, 3.63) is 59.7 Å². The van der Waals surface area contributed by atoms with Crippen LogP contribution in [0.2, 0.25) is 0 Å². The second-order valence-electron chi connectivity index (χ2n) is 5.38. The van der Waals surface area contributed by atoms with E-state index < -0.39 is 18.0 Å². The molecule has 2 amide bonds. The molecule has 0 radical (unpaired) electrons. The molecule has 0 saturated heterocycles. The third-order valence-electron chi connectivity index (χ3n) is 3.75. The third-order valence-corrected chi connectivity index (χ3v) is 3.75. The van der Waals surface area contributed by atoms with Crippen LogP contribution in [0.4, 0.5) is 4.79 Å². The quantitative estimate of drug-likeness (QED) is 0.743. The minimum absolute atomic E-state index is 0.259. The van der Waals surface area contributed by atoms with Crippen LogP contribution < -0.4 is 20.1 Å². The lowest BCUT2D eigenvalue weighted by Crippen LogP contribution is -2.41. The van der Waals surface area contributed by atoms with Gasteiger partial charge in [-0.25, -0.2) is 9.59 Å². The Hall–Kier alpha value is -3.22. The van der Waals surface area contributed by atoms with Crippen LogP contribution in [-0.2, 0) is 16.1 Å². The fourth-order valence-corrected chi connectivity index (χ4v) is 2.40. The summed E-state index contributed by atoms with van der Waals surface area (Å²) in [5.41, 5.74) is 1.47. The summed E-state index contributed by atoms with van der Waals surface area (Å²) in [6.07, 6.45) is 0. The number of hydrogen-bond acceptors (Lipinski definition) is 5. The topological polar surface area (TPSA) is 85.9 Å². The van der Waals surface area contributed by atoms with E-state index in [2.05, 4.69) is 10.6 Å². The molecule has 2 aromatic carbocycles. The lowest BCUT2D eigenvalue weighted by molar-refractivity contribution is -0.143. The van der Waals surface area contributed by atoms with Crippen LogP contribution in [0.3, 0.4) is 0 Å². The van der Waals surface area contributed by atoms with Crippen LogP contribution in [0.5, 0.6) is 11.5 Å². The van der Waals surface area contributed by atoms with Gasteiger partial charge in [-0.05, 0) is 23.3 Å². The molecule has 2 aromatic rings. The summed E-state index contributed by atoms with van der Waals surface area (Å²) < 4.78 is 15.2. The zero-order chi connectivity index (χ0) is 18.9. The van der Waals surface area contributed by atoms with E-state index in [0.29, 0.717) is 17.1 Å². The highest BCUT2D eigenvalue weighted by Gasteiger charge is 2.23. The van der Waals surface area contributed by atoms with Gasteiger partial charge in [-0.1, -0.05) is 36.4 Å². The van der Waals surface area contributed by atoms with Gasteiger partial charge >= 0.3 is 12.0 Å². The lowest BCUT2D eigenvalue weighted by atomic mass is 10.1. The van der Waals surface area contributed by atoms with Gasteiger partial charge in [0.15, 0.2) is 17.5 Å². The minimum atomic E-state index is -0.883. The van der Waals surface area contributed by atoms with Crippen molar-refractivity contribution in [1.82, 2.24) is 10.6 Å². The SMILES string of the molecule is COC(=O)C(NC(=O)NCc1ccc(OC)c(OC)c1)c1ccccc1. The Balaban J connectivity index is 2.01. The van der Waals surface area contributed by atoms with Gasteiger partial charge in [0, 0.05) is 6.54 Å². The van der Waals surface area contributed by atoms with Crippen LogP contribution >= 0.6 is 0 Å². The molecule has 0 aliphatic heterocycles. The summed E-state index contributed by atoms with van der Waals surface area (Å²) in [5, 5.41) is 5.34. The number of amides is 2. The molecule has 0 aromatic heterocycles. The minimum Gasteiger partial charge on any atom is -0.493 e. The van der Waals surface area contributed by atoms with Crippen molar-refractivity contribution in [3.63, 3.8) is 0 Å². The second-order valence-corrected chi connectivity index (χ2v) is 5.38. The zero-order valence-electron chi connectivity index (χ0n) is 14.9. The van der Waals surface area contributed by atoms with Gasteiger partial charge in [-0.2, -0.15) is 0 Å². The first kappa shape index (κ1) is 19.1. The summed E-state index contributed by atoms with van der Waals surface area (Å²) in [7, 11) is 4.38. The fraction of sp³-hybridized carbons (Fsp3) is 0.263. The molecule has 0 fully saturated rings. The molecule has 2 rings (SSSR count). The highest BCUT2D eigenvalue weighted by Crippen LogP contribution is 2.27. The largest absolute Gasteiger partial charge is 0.493 e. The van der Waals surface area contributed by atoms with Crippen LogP contribution in [-0.4, -0.2) is 33.3 Å². The molecule has 0 saturated carbocycles. The van der Waals surface area contributed by atoms with Crippen molar-refractivity contribution in [3.8, 4) is 11.5 Å². The molecule has 7 nitrogen and oxygen atoms in total. The molecule has 138 valence electrons. The lowest BCUT2D eigenvalue weighted by Gasteiger charge is -2.17. The van der Waals surface area contributed by atoms with Crippen molar-refractivity contribution >= 4 is 12.0 Å².